The van der Waals surface area contributed by atoms with Gasteiger partial charge in [0.05, 0.1) is 19.8 Å². The van der Waals surface area contributed by atoms with Crippen LogP contribution in [0.25, 0.3) is 0 Å². The van der Waals surface area contributed by atoms with E-state index in [2.05, 4.69) is 8.83 Å². The summed E-state index contributed by atoms with van der Waals surface area (Å²) in [5.74, 6) is 0.0558. The van der Waals surface area contributed by atoms with Gasteiger partial charge in [-0.3, -0.25) is 23.4 Å². The molecule has 1 aromatic heterocycles. The zero-order valence-corrected chi connectivity index (χ0v) is 24.3. The van der Waals surface area contributed by atoms with Gasteiger partial charge in [-0.25, -0.2) is 13.9 Å². The average Bonchev–Trinajstić information content (AvgIpc) is 3.19. The Morgan fingerprint density at radius 2 is 1.64 bits per heavy atom. The van der Waals surface area contributed by atoms with Gasteiger partial charge in [-0.1, -0.05) is 26.7 Å². The number of phosphoric ester groups is 2. The molecular weight excluding hydrogens is 614 g/mol. The maximum Gasteiger partial charge on any atom is 0.483 e. The third-order valence-electron chi connectivity index (χ3n) is 6.81. The maximum atomic E-state index is 12.6. The highest BCUT2D eigenvalue weighted by Crippen LogP contribution is 2.61. The molecule has 42 heavy (non-hydrogen) atoms. The molecule has 21 heteroatoms. The Morgan fingerprint density at radius 1 is 0.976 bits per heavy atom. The number of aromatic amines is 1. The van der Waals surface area contributed by atoms with Crippen molar-refractivity contribution < 1.29 is 72.0 Å². The topological polar surface area (TPSA) is 286 Å². The number of nitrogens with one attached hydrogen (secondary N) is 1. The van der Waals surface area contributed by atoms with Crippen molar-refractivity contribution in [3.05, 3.63) is 33.1 Å². The van der Waals surface area contributed by atoms with Crippen molar-refractivity contribution in [3.63, 3.8) is 0 Å². The van der Waals surface area contributed by atoms with E-state index in [-0.39, 0.29) is 12.5 Å². The maximum absolute atomic E-state index is 12.6. The van der Waals surface area contributed by atoms with Crippen LogP contribution < -0.4 is 11.2 Å². The van der Waals surface area contributed by atoms with E-state index >= 15 is 0 Å². The Bertz CT molecular complexity index is 1240. The molecule has 2 unspecified atom stereocenters. The second-order valence-corrected chi connectivity index (χ2v) is 12.7. The van der Waals surface area contributed by atoms with E-state index in [0.29, 0.717) is 0 Å². The number of aliphatic hydroxyl groups is 5. The molecule has 11 atom stereocenters. The molecule has 2 saturated heterocycles. The van der Waals surface area contributed by atoms with Gasteiger partial charge in [-0.05, 0) is 5.92 Å². The highest BCUT2D eigenvalue weighted by molar-refractivity contribution is 7.61. The summed E-state index contributed by atoms with van der Waals surface area (Å²) in [6.45, 7) is 2.08. The lowest BCUT2D eigenvalue weighted by Gasteiger charge is -2.42. The van der Waals surface area contributed by atoms with E-state index in [1.54, 1.807) is 0 Å². The molecule has 2 fully saturated rings. The second-order valence-electron chi connectivity index (χ2n) is 9.67. The summed E-state index contributed by atoms with van der Waals surface area (Å²) in [6.07, 6.45) is -12.6. The number of H-pyrrole nitrogens is 1. The summed E-state index contributed by atoms with van der Waals surface area (Å²) < 4.78 is 55.3. The Labute approximate surface area is 238 Å². The molecule has 2 aliphatic rings. The molecule has 0 radical (unpaired) electrons. The highest BCUT2D eigenvalue weighted by Gasteiger charge is 2.50. The van der Waals surface area contributed by atoms with Gasteiger partial charge in [0.25, 0.3) is 5.56 Å². The summed E-state index contributed by atoms with van der Waals surface area (Å²) >= 11 is 0. The van der Waals surface area contributed by atoms with Crippen LogP contribution in [0.1, 0.15) is 32.9 Å². The molecular formula is C21H36N2O17P2. The van der Waals surface area contributed by atoms with E-state index in [1.165, 1.54) is 0 Å². The zero-order valence-electron chi connectivity index (χ0n) is 22.5. The SMILES string of the molecule is CCC(CC)CO[C@@H]1[C@@H](O)[C@@H](OP(=O)(O)OP(=O)(O)OC[C@H]2O[C@@H](n3ccc(=O)[nH]c3=O)[C@H](O)[C@@H]2O)O[C@H](CO)[C@H]1O. The van der Waals surface area contributed by atoms with Gasteiger partial charge < -0.3 is 49.5 Å². The fraction of sp³-hybridized carbons (Fsp3) is 0.810. The number of aromatic nitrogens is 2. The van der Waals surface area contributed by atoms with Gasteiger partial charge in [0.2, 0.25) is 0 Å². The third-order valence-corrected chi connectivity index (χ3v) is 9.41. The van der Waals surface area contributed by atoms with Crippen LogP contribution >= 0.6 is 15.6 Å². The standard InChI is InChI=1S/C21H36N2O17P2/c1-3-10(4-2)8-35-18-15(27)11(7-24)38-20(17(18)29)39-42(33,34)40-41(31,32)36-9-12-14(26)16(28)19(37-12)23-6-5-13(25)22-21(23)30/h5-6,10-12,14-20,24,26-29H,3-4,7-9H2,1-2H3,(H,31,32)(H,33,34)(H,22,25,30)/t11-,12-,14-,15-,16-,17-,18+,19-,20-/m1/s1. The molecule has 0 saturated carbocycles. The van der Waals surface area contributed by atoms with E-state index in [0.717, 1.165) is 29.7 Å². The molecule has 0 amide bonds. The average molecular weight is 650 g/mol. The highest BCUT2D eigenvalue weighted by atomic mass is 31.3. The Morgan fingerprint density at radius 3 is 2.24 bits per heavy atom. The quantitative estimate of drug-likeness (QED) is 0.0979. The molecule has 2 aliphatic heterocycles. The number of phosphoric acid groups is 2. The van der Waals surface area contributed by atoms with Crippen LogP contribution in [0.15, 0.2) is 21.9 Å². The largest absolute Gasteiger partial charge is 0.483 e. The Balaban J connectivity index is 1.62. The van der Waals surface area contributed by atoms with Gasteiger partial charge in [-0.2, -0.15) is 4.31 Å². The minimum atomic E-state index is -5.59. The predicted molar refractivity (Wildman–Crippen MR) is 137 cm³/mol. The van der Waals surface area contributed by atoms with E-state index in [4.69, 9.17) is 18.7 Å². The van der Waals surface area contributed by atoms with Gasteiger partial charge >= 0.3 is 21.3 Å². The smallest absolute Gasteiger partial charge is 0.394 e. The first-order valence-corrected chi connectivity index (χ1v) is 15.9. The van der Waals surface area contributed by atoms with Crippen LogP contribution in [0.4, 0.5) is 0 Å². The number of hydrogen-bond donors (Lipinski definition) is 8. The van der Waals surface area contributed by atoms with Gasteiger partial charge in [0.15, 0.2) is 12.5 Å². The molecule has 1 aromatic rings. The van der Waals surface area contributed by atoms with Crippen molar-refractivity contribution in [2.75, 3.05) is 19.8 Å². The molecule has 19 nitrogen and oxygen atoms in total. The van der Waals surface area contributed by atoms with Crippen LogP contribution in [0.3, 0.4) is 0 Å². The molecule has 3 rings (SSSR count). The Kier molecular flexibility index (Phi) is 12.2. The lowest BCUT2D eigenvalue weighted by Crippen LogP contribution is -2.60. The summed E-state index contributed by atoms with van der Waals surface area (Å²) in [5.41, 5.74) is -1.72. The number of nitrogens with zero attached hydrogens (tertiary/aromatic N) is 1. The first-order valence-electron chi connectivity index (χ1n) is 12.9. The van der Waals surface area contributed by atoms with Crippen LogP contribution in [0.5, 0.6) is 0 Å². The van der Waals surface area contributed by atoms with E-state index < -0.39 is 95.4 Å². The van der Waals surface area contributed by atoms with Crippen LogP contribution in [-0.4, -0.2) is 114 Å². The minimum absolute atomic E-state index is 0.0558. The Hall–Kier alpha value is -1.38. The molecule has 0 aliphatic carbocycles. The first-order chi connectivity index (χ1) is 19.6. The van der Waals surface area contributed by atoms with Gasteiger partial charge in [-0.15, -0.1) is 0 Å². The predicted octanol–water partition coefficient (Wildman–Crippen LogP) is -2.33. The molecule has 0 spiro atoms. The summed E-state index contributed by atoms with van der Waals surface area (Å²) in [4.78, 5) is 45.3. The number of ether oxygens (including phenoxy) is 3. The van der Waals surface area contributed by atoms with Crippen molar-refractivity contribution in [2.45, 2.75) is 81.9 Å². The van der Waals surface area contributed by atoms with Crippen molar-refractivity contribution in [2.24, 2.45) is 5.92 Å². The van der Waals surface area contributed by atoms with Crippen molar-refractivity contribution in [1.82, 2.24) is 9.55 Å². The summed E-state index contributed by atoms with van der Waals surface area (Å²) in [7, 11) is -11.1. The monoisotopic (exact) mass is 650 g/mol. The lowest BCUT2D eigenvalue weighted by molar-refractivity contribution is -0.290. The summed E-state index contributed by atoms with van der Waals surface area (Å²) in [6, 6.07) is 0.945. The zero-order chi connectivity index (χ0) is 31.4. The third kappa shape index (κ3) is 8.62. The van der Waals surface area contributed by atoms with E-state index in [9.17, 15) is 54.0 Å². The molecule has 242 valence electrons. The lowest BCUT2D eigenvalue weighted by atomic mass is 9.98. The fourth-order valence-electron chi connectivity index (χ4n) is 4.31. The fourth-order valence-corrected chi connectivity index (χ4v) is 6.46. The van der Waals surface area contributed by atoms with Crippen molar-refractivity contribution in [1.29, 1.82) is 0 Å². The molecule has 8 N–H and O–H groups in total. The number of hydrogen-bond acceptors (Lipinski definition) is 15. The van der Waals surface area contributed by atoms with Crippen LogP contribution in [0.2, 0.25) is 0 Å². The number of rotatable bonds is 14. The van der Waals surface area contributed by atoms with Crippen LogP contribution in [-0.2, 0) is 36.7 Å². The second kappa shape index (κ2) is 14.6. The molecule has 0 aromatic carbocycles. The minimum Gasteiger partial charge on any atom is -0.394 e. The van der Waals surface area contributed by atoms with E-state index in [1.807, 2.05) is 18.8 Å². The van der Waals surface area contributed by atoms with Crippen LogP contribution in [0, 0.1) is 5.92 Å². The van der Waals surface area contributed by atoms with Crippen molar-refractivity contribution >= 4 is 15.6 Å². The first kappa shape index (κ1) is 35.1. The molecule has 3 heterocycles. The normalized spacial score (nSPS) is 34.8. The molecule has 0 bridgehead atoms. The number of aliphatic hydroxyl groups excluding tert-OH is 5. The van der Waals surface area contributed by atoms with Crippen molar-refractivity contribution in [3.8, 4) is 0 Å². The van der Waals surface area contributed by atoms with Gasteiger partial charge in [0.1, 0.15) is 42.7 Å². The van der Waals surface area contributed by atoms with Gasteiger partial charge in [0, 0.05) is 12.3 Å². The summed E-state index contributed by atoms with van der Waals surface area (Å²) in [5, 5.41) is 51.0.